The van der Waals surface area contributed by atoms with Crippen LogP contribution < -0.4 is 16.8 Å². The number of carbonyl (C=O) groups is 3. The normalized spacial score (nSPS) is 10.1. The molecule has 0 aliphatic heterocycles. The lowest BCUT2D eigenvalue weighted by Gasteiger charge is -2.03. The molecule has 0 atom stereocenters. The summed E-state index contributed by atoms with van der Waals surface area (Å²) >= 11 is 0. The van der Waals surface area contributed by atoms with Crippen molar-refractivity contribution < 1.29 is 14.4 Å². The van der Waals surface area contributed by atoms with E-state index >= 15 is 0 Å². The van der Waals surface area contributed by atoms with E-state index in [9.17, 15) is 14.4 Å². The van der Waals surface area contributed by atoms with Crippen molar-refractivity contribution in [3.05, 3.63) is 90.5 Å². The van der Waals surface area contributed by atoms with E-state index in [1.54, 1.807) is 12.1 Å². The quantitative estimate of drug-likeness (QED) is 0.572. The highest BCUT2D eigenvalue weighted by Gasteiger charge is 2.03. The van der Waals surface area contributed by atoms with Crippen molar-refractivity contribution in [2.45, 2.75) is 0 Å². The van der Waals surface area contributed by atoms with Gasteiger partial charge in [0.2, 0.25) is 11.8 Å². The summed E-state index contributed by atoms with van der Waals surface area (Å²) in [6, 6.07) is 18.6. The standard InChI is InChI=1S/C13H11NO.C6H8N2O2/c15-13(11-7-3-1-4-8-11)14-12-9-5-2-6-10-12;7-5(9)3-1-2-4-6(8)10/h1-10H,(H,14,15);1-4H,(H2,7,9)(H2,8,10). The van der Waals surface area contributed by atoms with Gasteiger partial charge in [0.05, 0.1) is 0 Å². The molecule has 128 valence electrons. The van der Waals surface area contributed by atoms with Gasteiger partial charge in [-0.15, -0.1) is 0 Å². The van der Waals surface area contributed by atoms with E-state index in [0.717, 1.165) is 17.8 Å². The van der Waals surface area contributed by atoms with Crippen LogP contribution in [0.5, 0.6) is 0 Å². The Morgan fingerprint density at radius 1 is 0.720 bits per heavy atom. The third-order valence-electron chi connectivity index (χ3n) is 2.70. The number of carbonyl (C=O) groups excluding carboxylic acids is 3. The van der Waals surface area contributed by atoms with Gasteiger partial charge >= 0.3 is 0 Å². The SMILES string of the molecule is NC(=O)C=CC=CC(N)=O.O=C(Nc1ccccc1)c1ccccc1. The van der Waals surface area contributed by atoms with Crippen LogP contribution in [0.4, 0.5) is 5.69 Å². The van der Waals surface area contributed by atoms with E-state index in [0.29, 0.717) is 5.56 Å². The lowest BCUT2D eigenvalue weighted by atomic mass is 10.2. The fourth-order valence-corrected chi connectivity index (χ4v) is 1.62. The summed E-state index contributed by atoms with van der Waals surface area (Å²) in [4.78, 5) is 31.8. The average Bonchev–Trinajstić information content (AvgIpc) is 2.61. The van der Waals surface area contributed by atoms with Crippen molar-refractivity contribution in [2.24, 2.45) is 11.5 Å². The molecule has 0 heterocycles. The number of nitrogens with one attached hydrogen (secondary N) is 1. The smallest absolute Gasteiger partial charge is 0.255 e. The van der Waals surface area contributed by atoms with Crippen molar-refractivity contribution in [1.82, 2.24) is 0 Å². The van der Waals surface area contributed by atoms with Gasteiger partial charge in [-0.05, 0) is 24.3 Å². The molecule has 0 aliphatic rings. The number of hydrogen-bond donors (Lipinski definition) is 3. The summed E-state index contributed by atoms with van der Waals surface area (Å²) in [6.07, 6.45) is 4.93. The number of nitrogens with two attached hydrogens (primary N) is 2. The van der Waals surface area contributed by atoms with Gasteiger partial charge in [0.25, 0.3) is 5.91 Å². The lowest BCUT2D eigenvalue weighted by molar-refractivity contribution is -0.114. The van der Waals surface area contributed by atoms with Gasteiger partial charge < -0.3 is 16.8 Å². The molecule has 2 aromatic carbocycles. The van der Waals surface area contributed by atoms with Crippen LogP contribution in [0.1, 0.15) is 10.4 Å². The number of para-hydroxylation sites is 1. The number of anilines is 1. The molecular formula is C19H19N3O3. The molecule has 0 bridgehead atoms. The summed E-state index contributed by atoms with van der Waals surface area (Å²) in [5.74, 6) is -1.20. The highest BCUT2D eigenvalue weighted by atomic mass is 16.2. The zero-order chi connectivity index (χ0) is 18.5. The Morgan fingerprint density at radius 3 is 1.60 bits per heavy atom. The van der Waals surface area contributed by atoms with E-state index in [1.165, 1.54) is 12.2 Å². The summed E-state index contributed by atoms with van der Waals surface area (Å²) in [5.41, 5.74) is 10.9. The number of allylic oxidation sites excluding steroid dienone is 2. The van der Waals surface area contributed by atoms with Crippen LogP contribution in [0.25, 0.3) is 0 Å². The second-order valence-electron chi connectivity index (χ2n) is 4.71. The Labute approximate surface area is 145 Å². The summed E-state index contributed by atoms with van der Waals surface area (Å²) in [7, 11) is 0. The Balaban J connectivity index is 0.000000275. The Hall–Kier alpha value is -3.67. The molecular weight excluding hydrogens is 318 g/mol. The van der Waals surface area contributed by atoms with E-state index in [4.69, 9.17) is 11.5 Å². The molecule has 2 aromatic rings. The van der Waals surface area contributed by atoms with Gasteiger partial charge in [0, 0.05) is 23.4 Å². The minimum atomic E-state index is -0.561. The second kappa shape index (κ2) is 11.0. The molecule has 0 unspecified atom stereocenters. The van der Waals surface area contributed by atoms with E-state index < -0.39 is 11.8 Å². The molecule has 0 aliphatic carbocycles. The summed E-state index contributed by atoms with van der Waals surface area (Å²) in [5, 5.41) is 2.82. The average molecular weight is 337 g/mol. The molecule has 2 rings (SSSR count). The van der Waals surface area contributed by atoms with Crippen LogP contribution in [0.15, 0.2) is 85.0 Å². The van der Waals surface area contributed by atoms with E-state index in [2.05, 4.69) is 5.32 Å². The van der Waals surface area contributed by atoms with Crippen LogP contribution in [-0.4, -0.2) is 17.7 Å². The minimum absolute atomic E-state index is 0.0817. The van der Waals surface area contributed by atoms with Crippen molar-refractivity contribution in [3.8, 4) is 0 Å². The predicted octanol–water partition coefficient (Wildman–Crippen LogP) is 2.01. The first-order valence-corrected chi connectivity index (χ1v) is 7.34. The van der Waals surface area contributed by atoms with Crippen LogP contribution >= 0.6 is 0 Å². The topological polar surface area (TPSA) is 115 Å². The maximum absolute atomic E-state index is 11.7. The molecule has 0 saturated heterocycles. The predicted molar refractivity (Wildman–Crippen MR) is 97.5 cm³/mol. The Morgan fingerprint density at radius 2 is 1.16 bits per heavy atom. The van der Waals surface area contributed by atoms with Gasteiger partial charge in [0.15, 0.2) is 0 Å². The maximum atomic E-state index is 11.7. The largest absolute Gasteiger partial charge is 0.366 e. The van der Waals surface area contributed by atoms with E-state index in [1.807, 2.05) is 48.5 Å². The van der Waals surface area contributed by atoms with E-state index in [-0.39, 0.29) is 5.91 Å². The van der Waals surface area contributed by atoms with Crippen LogP contribution in [0.2, 0.25) is 0 Å². The zero-order valence-corrected chi connectivity index (χ0v) is 13.5. The Kier molecular flexibility index (Phi) is 8.49. The first-order valence-electron chi connectivity index (χ1n) is 7.34. The number of rotatable bonds is 5. The minimum Gasteiger partial charge on any atom is -0.366 e. The Bertz CT molecular complexity index is 732. The van der Waals surface area contributed by atoms with Crippen molar-refractivity contribution in [3.63, 3.8) is 0 Å². The maximum Gasteiger partial charge on any atom is 0.255 e. The number of amides is 3. The fraction of sp³-hybridized carbons (Fsp3) is 0. The third kappa shape index (κ3) is 9.14. The van der Waals surface area contributed by atoms with Crippen molar-refractivity contribution in [2.75, 3.05) is 5.32 Å². The van der Waals surface area contributed by atoms with Crippen LogP contribution in [0, 0.1) is 0 Å². The molecule has 0 aromatic heterocycles. The summed E-state index contributed by atoms with van der Waals surface area (Å²) < 4.78 is 0. The highest BCUT2D eigenvalue weighted by Crippen LogP contribution is 2.08. The first-order chi connectivity index (χ1) is 12.0. The van der Waals surface area contributed by atoms with Gasteiger partial charge in [0.1, 0.15) is 0 Å². The van der Waals surface area contributed by atoms with Crippen molar-refractivity contribution in [1.29, 1.82) is 0 Å². The second-order valence-corrected chi connectivity index (χ2v) is 4.71. The van der Waals surface area contributed by atoms with Gasteiger partial charge in [-0.3, -0.25) is 14.4 Å². The third-order valence-corrected chi connectivity index (χ3v) is 2.70. The number of benzene rings is 2. The molecule has 5 N–H and O–H groups in total. The van der Waals surface area contributed by atoms with Gasteiger partial charge in [-0.2, -0.15) is 0 Å². The molecule has 6 nitrogen and oxygen atoms in total. The zero-order valence-electron chi connectivity index (χ0n) is 13.5. The molecule has 25 heavy (non-hydrogen) atoms. The van der Waals surface area contributed by atoms with Gasteiger partial charge in [-0.25, -0.2) is 0 Å². The molecule has 0 fully saturated rings. The van der Waals surface area contributed by atoms with Crippen LogP contribution in [-0.2, 0) is 9.59 Å². The van der Waals surface area contributed by atoms with Crippen LogP contribution in [0.3, 0.4) is 0 Å². The highest BCUT2D eigenvalue weighted by molar-refractivity contribution is 6.04. The number of primary amides is 2. The molecule has 0 saturated carbocycles. The molecule has 0 spiro atoms. The molecule has 3 amide bonds. The van der Waals surface area contributed by atoms with Gasteiger partial charge in [-0.1, -0.05) is 48.6 Å². The fourth-order valence-electron chi connectivity index (χ4n) is 1.62. The number of hydrogen-bond acceptors (Lipinski definition) is 3. The molecule has 0 radical (unpaired) electrons. The molecule has 6 heteroatoms. The summed E-state index contributed by atoms with van der Waals surface area (Å²) in [6.45, 7) is 0. The lowest BCUT2D eigenvalue weighted by Crippen LogP contribution is -2.11. The first kappa shape index (κ1) is 19.4. The van der Waals surface area contributed by atoms with Crippen molar-refractivity contribution >= 4 is 23.4 Å². The monoisotopic (exact) mass is 337 g/mol.